The summed E-state index contributed by atoms with van der Waals surface area (Å²) >= 11 is 0. The summed E-state index contributed by atoms with van der Waals surface area (Å²) in [6.07, 6.45) is 2.08. The van der Waals surface area contributed by atoms with Crippen LogP contribution in [0.2, 0.25) is 0 Å². The molecule has 23 heavy (non-hydrogen) atoms. The minimum atomic E-state index is 0.183. The lowest BCUT2D eigenvalue weighted by molar-refractivity contribution is -0.122. The zero-order valence-corrected chi connectivity index (χ0v) is 14.4. The molecule has 2 rings (SSSR count). The SMILES string of the molecule is CN=C(NCCNC(=O)C1CC1)NCC(C)c1cccc(C)c1. The molecule has 1 unspecified atom stereocenters. The molecule has 0 saturated heterocycles. The number of benzene rings is 1. The van der Waals surface area contributed by atoms with Gasteiger partial charge in [-0.2, -0.15) is 0 Å². The number of aliphatic imine (C=N–C) groups is 1. The number of rotatable bonds is 7. The van der Waals surface area contributed by atoms with Crippen molar-refractivity contribution in [3.8, 4) is 0 Å². The average Bonchev–Trinajstić information content (AvgIpc) is 3.38. The van der Waals surface area contributed by atoms with Gasteiger partial charge in [-0.3, -0.25) is 9.79 Å². The van der Waals surface area contributed by atoms with Crippen molar-refractivity contribution in [2.24, 2.45) is 10.9 Å². The Morgan fingerprint density at radius 1 is 1.26 bits per heavy atom. The van der Waals surface area contributed by atoms with E-state index in [0.717, 1.165) is 25.3 Å². The molecule has 1 fully saturated rings. The standard InChI is InChI=1S/C18H28N4O/c1-13-5-4-6-16(11-13)14(2)12-22-18(19-3)21-10-9-20-17(23)15-7-8-15/h4-6,11,14-15H,7-10,12H2,1-3H3,(H,20,23)(H2,19,21,22). The third kappa shape index (κ3) is 5.93. The number of carbonyl (C=O) groups excluding carboxylic acids is 1. The highest BCUT2D eigenvalue weighted by atomic mass is 16.2. The van der Waals surface area contributed by atoms with E-state index in [1.807, 2.05) is 0 Å². The van der Waals surface area contributed by atoms with Crippen LogP contribution < -0.4 is 16.0 Å². The van der Waals surface area contributed by atoms with Crippen LogP contribution in [-0.2, 0) is 4.79 Å². The highest BCUT2D eigenvalue weighted by molar-refractivity contribution is 5.81. The van der Waals surface area contributed by atoms with Crippen molar-refractivity contribution in [3.63, 3.8) is 0 Å². The Kier molecular flexibility index (Phi) is 6.44. The van der Waals surface area contributed by atoms with Gasteiger partial charge in [-0.1, -0.05) is 36.8 Å². The van der Waals surface area contributed by atoms with Gasteiger partial charge >= 0.3 is 0 Å². The van der Waals surface area contributed by atoms with Gasteiger partial charge in [0.2, 0.25) is 5.91 Å². The first-order chi connectivity index (χ1) is 11.1. The van der Waals surface area contributed by atoms with E-state index in [0.29, 0.717) is 19.0 Å². The summed E-state index contributed by atoms with van der Waals surface area (Å²) < 4.78 is 0. The van der Waals surface area contributed by atoms with E-state index < -0.39 is 0 Å². The van der Waals surface area contributed by atoms with Crippen LogP contribution in [0.5, 0.6) is 0 Å². The minimum absolute atomic E-state index is 0.183. The number of hydrogen-bond acceptors (Lipinski definition) is 2. The number of carbonyl (C=O) groups is 1. The average molecular weight is 316 g/mol. The van der Waals surface area contributed by atoms with Crippen molar-refractivity contribution in [1.29, 1.82) is 0 Å². The third-order valence-corrected chi connectivity index (χ3v) is 4.08. The first-order valence-electron chi connectivity index (χ1n) is 8.39. The molecule has 0 heterocycles. The molecule has 3 N–H and O–H groups in total. The first-order valence-corrected chi connectivity index (χ1v) is 8.39. The molecule has 1 amide bonds. The molecule has 5 nitrogen and oxygen atoms in total. The van der Waals surface area contributed by atoms with E-state index in [1.54, 1.807) is 7.05 Å². The first kappa shape index (κ1) is 17.3. The molecular weight excluding hydrogens is 288 g/mol. The summed E-state index contributed by atoms with van der Waals surface area (Å²) in [4.78, 5) is 15.8. The van der Waals surface area contributed by atoms with Gasteiger partial charge in [0.15, 0.2) is 5.96 Å². The van der Waals surface area contributed by atoms with Gasteiger partial charge in [-0.25, -0.2) is 0 Å². The highest BCUT2D eigenvalue weighted by Gasteiger charge is 2.28. The molecule has 0 bridgehead atoms. The van der Waals surface area contributed by atoms with Gasteiger partial charge < -0.3 is 16.0 Å². The number of hydrogen-bond donors (Lipinski definition) is 3. The van der Waals surface area contributed by atoms with Gasteiger partial charge in [-0.05, 0) is 31.2 Å². The van der Waals surface area contributed by atoms with Crippen LogP contribution in [0.3, 0.4) is 0 Å². The maximum atomic E-state index is 11.5. The van der Waals surface area contributed by atoms with Crippen LogP contribution in [0.1, 0.15) is 36.8 Å². The van der Waals surface area contributed by atoms with E-state index in [4.69, 9.17) is 0 Å². The van der Waals surface area contributed by atoms with Crippen molar-refractivity contribution < 1.29 is 4.79 Å². The van der Waals surface area contributed by atoms with Gasteiger partial charge in [0, 0.05) is 32.6 Å². The van der Waals surface area contributed by atoms with Crippen LogP contribution >= 0.6 is 0 Å². The second-order valence-corrected chi connectivity index (χ2v) is 6.26. The van der Waals surface area contributed by atoms with Crippen LogP contribution in [-0.4, -0.2) is 38.5 Å². The number of nitrogens with zero attached hydrogens (tertiary/aromatic N) is 1. The number of nitrogens with one attached hydrogen (secondary N) is 3. The monoisotopic (exact) mass is 316 g/mol. The van der Waals surface area contributed by atoms with E-state index in [1.165, 1.54) is 11.1 Å². The molecule has 0 aliphatic heterocycles. The summed E-state index contributed by atoms with van der Waals surface area (Å²) in [5.41, 5.74) is 2.60. The van der Waals surface area contributed by atoms with Gasteiger partial charge in [0.25, 0.3) is 0 Å². The molecular formula is C18H28N4O. The van der Waals surface area contributed by atoms with Gasteiger partial charge in [0.1, 0.15) is 0 Å². The summed E-state index contributed by atoms with van der Waals surface area (Å²) in [5.74, 6) is 1.62. The second kappa shape index (κ2) is 8.56. The molecule has 0 spiro atoms. The highest BCUT2D eigenvalue weighted by Crippen LogP contribution is 2.28. The van der Waals surface area contributed by atoms with Crippen LogP contribution in [0.15, 0.2) is 29.3 Å². The Morgan fingerprint density at radius 3 is 2.65 bits per heavy atom. The molecule has 5 heteroatoms. The number of aryl methyl sites for hydroxylation is 1. The fourth-order valence-electron chi connectivity index (χ4n) is 2.42. The molecule has 1 aromatic carbocycles. The Morgan fingerprint density at radius 2 is 2.00 bits per heavy atom. The van der Waals surface area contributed by atoms with Crippen LogP contribution in [0.25, 0.3) is 0 Å². The quantitative estimate of drug-likeness (QED) is 0.408. The summed E-state index contributed by atoms with van der Waals surface area (Å²) in [5, 5.41) is 9.50. The van der Waals surface area contributed by atoms with Crippen molar-refractivity contribution in [2.75, 3.05) is 26.7 Å². The van der Waals surface area contributed by atoms with Crippen LogP contribution in [0, 0.1) is 12.8 Å². The Bertz CT molecular complexity index is 552. The fourth-order valence-corrected chi connectivity index (χ4v) is 2.42. The molecule has 1 aliphatic rings. The molecule has 0 radical (unpaired) electrons. The van der Waals surface area contributed by atoms with Crippen molar-refractivity contribution in [1.82, 2.24) is 16.0 Å². The summed E-state index contributed by atoms with van der Waals surface area (Å²) in [6, 6.07) is 8.58. The van der Waals surface area contributed by atoms with Crippen molar-refractivity contribution in [3.05, 3.63) is 35.4 Å². The Hall–Kier alpha value is -2.04. The lowest BCUT2D eigenvalue weighted by Crippen LogP contribution is -2.42. The maximum Gasteiger partial charge on any atom is 0.223 e. The normalized spacial score (nSPS) is 15.9. The van der Waals surface area contributed by atoms with E-state index in [9.17, 15) is 4.79 Å². The van der Waals surface area contributed by atoms with Gasteiger partial charge in [-0.15, -0.1) is 0 Å². The molecule has 126 valence electrons. The smallest absolute Gasteiger partial charge is 0.223 e. The molecule has 1 atom stereocenters. The minimum Gasteiger partial charge on any atom is -0.356 e. The summed E-state index contributed by atoms with van der Waals surface area (Å²) in [6.45, 7) is 6.43. The van der Waals surface area contributed by atoms with E-state index in [2.05, 4.69) is 59.1 Å². The zero-order valence-electron chi connectivity index (χ0n) is 14.4. The van der Waals surface area contributed by atoms with Crippen LogP contribution in [0.4, 0.5) is 0 Å². The fraction of sp³-hybridized carbons (Fsp3) is 0.556. The molecule has 1 aliphatic carbocycles. The van der Waals surface area contributed by atoms with E-state index in [-0.39, 0.29) is 11.8 Å². The number of guanidine groups is 1. The van der Waals surface area contributed by atoms with Crippen molar-refractivity contribution >= 4 is 11.9 Å². The lowest BCUT2D eigenvalue weighted by atomic mass is 9.99. The van der Waals surface area contributed by atoms with Crippen molar-refractivity contribution in [2.45, 2.75) is 32.6 Å². The topological polar surface area (TPSA) is 65.5 Å². The second-order valence-electron chi connectivity index (χ2n) is 6.26. The predicted molar refractivity (Wildman–Crippen MR) is 94.7 cm³/mol. The van der Waals surface area contributed by atoms with E-state index >= 15 is 0 Å². The Balaban J connectivity index is 1.66. The molecule has 1 saturated carbocycles. The molecule has 1 aromatic rings. The third-order valence-electron chi connectivity index (χ3n) is 4.08. The summed E-state index contributed by atoms with van der Waals surface area (Å²) in [7, 11) is 1.76. The predicted octanol–water partition coefficient (Wildman–Crippen LogP) is 1.79. The maximum absolute atomic E-state index is 11.5. The number of amides is 1. The zero-order chi connectivity index (χ0) is 16.7. The molecule has 0 aromatic heterocycles. The largest absolute Gasteiger partial charge is 0.356 e. The Labute approximate surface area is 139 Å². The lowest BCUT2D eigenvalue weighted by Gasteiger charge is -2.17. The van der Waals surface area contributed by atoms with Gasteiger partial charge in [0.05, 0.1) is 0 Å².